The number of aliphatic hydroxyl groups is 2. The molecule has 10 heavy (non-hydrogen) atoms. The largest absolute Gasteiger partial charge is 0.465 e. The number of nitrogens with one attached hydrogen (secondary N) is 1. The Balaban J connectivity index is 3.92. The van der Waals surface area contributed by atoms with E-state index in [1.165, 1.54) is 6.92 Å². The molecule has 0 saturated carbocycles. The lowest BCUT2D eigenvalue weighted by Crippen LogP contribution is -2.51. The predicted octanol–water partition coefficient (Wildman–Crippen LogP) is -1.00. The molecule has 0 aromatic carbocycles. The summed E-state index contributed by atoms with van der Waals surface area (Å²) in [5.74, 6) is 0. The maximum Gasteiger partial charge on any atom is 0.405 e. The fraction of sp³-hybridized carbons (Fsp3) is 0.800. The van der Waals surface area contributed by atoms with Crippen LogP contribution in [0.3, 0.4) is 0 Å². The maximum absolute atomic E-state index is 10.00. The van der Waals surface area contributed by atoms with Gasteiger partial charge < -0.3 is 20.6 Å². The van der Waals surface area contributed by atoms with Gasteiger partial charge in [0.15, 0.2) is 0 Å². The Hall–Kier alpha value is -0.810. The molecular weight excluding hydrogens is 138 g/mol. The Kier molecular flexibility index (Phi) is 3.11. The van der Waals surface area contributed by atoms with Gasteiger partial charge >= 0.3 is 6.09 Å². The molecule has 0 aromatic rings. The van der Waals surface area contributed by atoms with Gasteiger partial charge in [0.1, 0.15) is 0 Å². The third kappa shape index (κ3) is 2.65. The van der Waals surface area contributed by atoms with Crippen molar-refractivity contribution in [1.29, 1.82) is 0 Å². The number of carbonyl (C=O) groups is 1. The number of aliphatic hydroxyl groups excluding tert-OH is 2. The van der Waals surface area contributed by atoms with Crippen LogP contribution in [0.5, 0.6) is 0 Å². The van der Waals surface area contributed by atoms with Crippen LogP contribution in [0.15, 0.2) is 0 Å². The van der Waals surface area contributed by atoms with Gasteiger partial charge in [-0.15, -0.1) is 0 Å². The minimum absolute atomic E-state index is 0.421. The van der Waals surface area contributed by atoms with E-state index in [0.717, 1.165) is 0 Å². The van der Waals surface area contributed by atoms with Gasteiger partial charge in [-0.3, -0.25) is 0 Å². The second-order valence-electron chi connectivity index (χ2n) is 2.31. The molecule has 0 rings (SSSR count). The van der Waals surface area contributed by atoms with E-state index in [0.29, 0.717) is 0 Å². The zero-order valence-corrected chi connectivity index (χ0v) is 5.66. The van der Waals surface area contributed by atoms with Crippen molar-refractivity contribution < 1.29 is 20.1 Å². The molecule has 5 nitrogen and oxygen atoms in total. The normalized spacial score (nSPS) is 11.1. The summed E-state index contributed by atoms with van der Waals surface area (Å²) in [5.41, 5.74) is -1.13. The van der Waals surface area contributed by atoms with Gasteiger partial charge in [-0.1, -0.05) is 0 Å². The molecule has 0 bridgehead atoms. The van der Waals surface area contributed by atoms with Crippen molar-refractivity contribution in [3.8, 4) is 0 Å². The summed E-state index contributed by atoms with van der Waals surface area (Å²) in [5, 5.41) is 27.2. The van der Waals surface area contributed by atoms with Crippen LogP contribution in [-0.4, -0.2) is 40.2 Å². The average molecular weight is 149 g/mol. The molecule has 0 aliphatic rings. The topological polar surface area (TPSA) is 89.8 Å². The molecule has 5 heteroatoms. The van der Waals surface area contributed by atoms with Crippen LogP contribution in [0.2, 0.25) is 0 Å². The van der Waals surface area contributed by atoms with E-state index in [4.69, 9.17) is 15.3 Å². The van der Waals surface area contributed by atoms with Gasteiger partial charge in [0.05, 0.1) is 18.8 Å². The molecule has 0 unspecified atom stereocenters. The summed E-state index contributed by atoms with van der Waals surface area (Å²) < 4.78 is 0. The third-order valence-electron chi connectivity index (χ3n) is 1.11. The highest BCUT2D eigenvalue weighted by molar-refractivity contribution is 5.65. The fourth-order valence-corrected chi connectivity index (χ4v) is 0.387. The first-order valence-electron chi connectivity index (χ1n) is 2.77. The maximum atomic E-state index is 10.00. The lowest BCUT2D eigenvalue weighted by molar-refractivity contribution is 0.0978. The van der Waals surface area contributed by atoms with E-state index >= 15 is 0 Å². The van der Waals surface area contributed by atoms with Crippen molar-refractivity contribution in [3.05, 3.63) is 0 Å². The van der Waals surface area contributed by atoms with E-state index in [1.54, 1.807) is 0 Å². The minimum Gasteiger partial charge on any atom is -0.465 e. The first-order valence-corrected chi connectivity index (χ1v) is 2.77. The van der Waals surface area contributed by atoms with Crippen molar-refractivity contribution in [2.24, 2.45) is 0 Å². The minimum atomic E-state index is -1.26. The summed E-state index contributed by atoms with van der Waals surface area (Å²) in [4.78, 5) is 10.00. The molecule has 0 fully saturated rings. The highest BCUT2D eigenvalue weighted by Gasteiger charge is 2.23. The Bertz CT molecular complexity index is 121. The molecule has 0 aromatic heterocycles. The zero-order valence-electron chi connectivity index (χ0n) is 5.66. The molecule has 0 aliphatic heterocycles. The molecular formula is C5H11NO4. The second kappa shape index (κ2) is 3.38. The monoisotopic (exact) mass is 149 g/mol. The summed E-state index contributed by atoms with van der Waals surface area (Å²) >= 11 is 0. The van der Waals surface area contributed by atoms with Gasteiger partial charge in [0.25, 0.3) is 0 Å². The SMILES string of the molecule is CC(CO)(CO)NC(=O)O. The standard InChI is InChI=1S/C5H11NO4/c1-5(2-7,3-8)6-4(9)10/h6-8H,2-3H2,1H3,(H,9,10). The van der Waals surface area contributed by atoms with Crippen LogP contribution >= 0.6 is 0 Å². The van der Waals surface area contributed by atoms with Gasteiger partial charge in [0, 0.05) is 0 Å². The Morgan fingerprint density at radius 2 is 1.90 bits per heavy atom. The predicted molar refractivity (Wildman–Crippen MR) is 33.7 cm³/mol. The number of carboxylic acid groups (broad SMARTS) is 1. The highest BCUT2D eigenvalue weighted by atomic mass is 16.4. The zero-order chi connectivity index (χ0) is 8.20. The Morgan fingerprint density at radius 1 is 1.50 bits per heavy atom. The fourth-order valence-electron chi connectivity index (χ4n) is 0.387. The van der Waals surface area contributed by atoms with Crippen molar-refractivity contribution in [3.63, 3.8) is 0 Å². The van der Waals surface area contributed by atoms with Crippen LogP contribution in [-0.2, 0) is 0 Å². The molecule has 0 heterocycles. The summed E-state index contributed by atoms with van der Waals surface area (Å²) in [7, 11) is 0. The molecule has 0 atom stereocenters. The van der Waals surface area contributed by atoms with Gasteiger partial charge in [-0.25, -0.2) is 4.79 Å². The van der Waals surface area contributed by atoms with Gasteiger partial charge in [-0.05, 0) is 6.92 Å². The summed E-state index contributed by atoms with van der Waals surface area (Å²) in [6.07, 6.45) is -1.26. The molecule has 0 spiro atoms. The molecule has 4 N–H and O–H groups in total. The highest BCUT2D eigenvalue weighted by Crippen LogP contribution is 1.99. The first-order chi connectivity index (χ1) is 4.54. The Labute approximate surface area is 58.3 Å². The number of rotatable bonds is 3. The van der Waals surface area contributed by atoms with E-state index < -0.39 is 24.8 Å². The third-order valence-corrected chi connectivity index (χ3v) is 1.11. The van der Waals surface area contributed by atoms with Gasteiger partial charge in [-0.2, -0.15) is 0 Å². The molecule has 60 valence electrons. The smallest absolute Gasteiger partial charge is 0.405 e. The van der Waals surface area contributed by atoms with E-state index in [-0.39, 0.29) is 0 Å². The number of hydrogen-bond donors (Lipinski definition) is 4. The van der Waals surface area contributed by atoms with Crippen molar-refractivity contribution in [2.45, 2.75) is 12.5 Å². The van der Waals surface area contributed by atoms with Crippen LogP contribution in [0, 0.1) is 0 Å². The number of amides is 1. The van der Waals surface area contributed by atoms with Crippen LogP contribution in [0.25, 0.3) is 0 Å². The van der Waals surface area contributed by atoms with Gasteiger partial charge in [0.2, 0.25) is 0 Å². The van der Waals surface area contributed by atoms with Crippen LogP contribution < -0.4 is 5.32 Å². The van der Waals surface area contributed by atoms with E-state index in [9.17, 15) is 4.79 Å². The van der Waals surface area contributed by atoms with Crippen LogP contribution in [0.1, 0.15) is 6.92 Å². The summed E-state index contributed by atoms with van der Waals surface area (Å²) in [6, 6.07) is 0. The van der Waals surface area contributed by atoms with Crippen molar-refractivity contribution in [1.82, 2.24) is 5.32 Å². The Morgan fingerprint density at radius 3 is 2.00 bits per heavy atom. The molecule has 0 saturated heterocycles. The molecule has 0 aliphatic carbocycles. The first kappa shape index (κ1) is 9.19. The lowest BCUT2D eigenvalue weighted by Gasteiger charge is -2.23. The van der Waals surface area contributed by atoms with Crippen LogP contribution in [0.4, 0.5) is 4.79 Å². The van der Waals surface area contributed by atoms with Crippen molar-refractivity contribution in [2.75, 3.05) is 13.2 Å². The quantitative estimate of drug-likeness (QED) is 0.414. The number of hydrogen-bond acceptors (Lipinski definition) is 3. The lowest BCUT2D eigenvalue weighted by atomic mass is 10.1. The average Bonchev–Trinajstić information content (AvgIpc) is 1.87. The summed E-state index contributed by atoms with van der Waals surface area (Å²) in [6.45, 7) is 0.562. The van der Waals surface area contributed by atoms with E-state index in [2.05, 4.69) is 0 Å². The van der Waals surface area contributed by atoms with Crippen molar-refractivity contribution >= 4 is 6.09 Å². The second-order valence-corrected chi connectivity index (χ2v) is 2.31. The molecule has 0 radical (unpaired) electrons. The van der Waals surface area contributed by atoms with E-state index in [1.807, 2.05) is 5.32 Å². The molecule has 1 amide bonds.